The molecule has 0 aliphatic carbocycles. The molecule has 1 aliphatic rings. The zero-order chi connectivity index (χ0) is 15.4. The number of hydrogen-bond donors (Lipinski definition) is 1. The molecule has 22 heavy (non-hydrogen) atoms. The lowest BCUT2D eigenvalue weighted by Crippen LogP contribution is -2.20. The van der Waals surface area contributed by atoms with Crippen LogP contribution in [0.5, 0.6) is 0 Å². The van der Waals surface area contributed by atoms with Crippen LogP contribution >= 0.6 is 0 Å². The minimum Gasteiger partial charge on any atom is -0.372 e. The van der Waals surface area contributed by atoms with Gasteiger partial charge in [0.25, 0.3) is 0 Å². The third-order valence-electron chi connectivity index (χ3n) is 3.65. The molecule has 1 fully saturated rings. The molecule has 1 saturated heterocycles. The number of hydrogen-bond acceptors (Lipinski definition) is 5. The number of nitriles is 1. The number of carbonyl (C=O) groups is 1. The lowest BCUT2D eigenvalue weighted by Gasteiger charge is -2.17. The Morgan fingerprint density at radius 3 is 2.68 bits per heavy atom. The molecule has 1 amide bonds. The molecular weight excluding hydrogens is 280 g/mol. The van der Waals surface area contributed by atoms with Crippen LogP contribution in [-0.2, 0) is 11.3 Å². The van der Waals surface area contributed by atoms with Crippen LogP contribution in [0.1, 0.15) is 18.7 Å². The molecule has 0 atom stereocenters. The highest BCUT2D eigenvalue weighted by Gasteiger charge is 2.12. The van der Waals surface area contributed by atoms with Crippen LogP contribution < -0.4 is 10.2 Å². The Bertz CT molecular complexity index is 694. The fourth-order valence-corrected chi connectivity index (χ4v) is 2.54. The van der Waals surface area contributed by atoms with Crippen molar-refractivity contribution in [3.63, 3.8) is 0 Å². The van der Waals surface area contributed by atoms with Gasteiger partial charge in [0, 0.05) is 24.5 Å². The summed E-state index contributed by atoms with van der Waals surface area (Å²) < 4.78 is 1.41. The summed E-state index contributed by atoms with van der Waals surface area (Å²) in [5.74, 6) is -0.0928. The van der Waals surface area contributed by atoms with Crippen molar-refractivity contribution in [3.05, 3.63) is 36.4 Å². The van der Waals surface area contributed by atoms with Crippen LogP contribution in [0.25, 0.3) is 0 Å². The minimum atomic E-state index is -0.217. The van der Waals surface area contributed by atoms with Gasteiger partial charge in [-0.25, -0.2) is 0 Å². The number of benzene rings is 1. The molecule has 1 aromatic carbocycles. The van der Waals surface area contributed by atoms with E-state index in [1.165, 1.54) is 29.4 Å². The van der Waals surface area contributed by atoms with E-state index in [9.17, 15) is 4.79 Å². The van der Waals surface area contributed by atoms with Crippen molar-refractivity contribution < 1.29 is 4.79 Å². The van der Waals surface area contributed by atoms with E-state index in [0.29, 0.717) is 0 Å². The summed E-state index contributed by atoms with van der Waals surface area (Å²) in [4.78, 5) is 14.3. The molecule has 0 saturated carbocycles. The maximum Gasteiger partial charge on any atom is 0.244 e. The van der Waals surface area contributed by atoms with E-state index >= 15 is 0 Å². The van der Waals surface area contributed by atoms with Gasteiger partial charge in [-0.1, -0.05) is 0 Å². The van der Waals surface area contributed by atoms with E-state index in [1.54, 1.807) is 0 Å². The number of rotatable bonds is 4. The standard InChI is InChI=1S/C15H16N6O/c16-9-14-19-17-11-21(14)10-15(22)18-12-3-5-13(6-4-12)20-7-1-2-8-20/h3-6,11H,1-2,7-8,10H2,(H,18,22). The number of aromatic nitrogens is 3. The van der Waals surface area contributed by atoms with Gasteiger partial charge >= 0.3 is 0 Å². The topological polar surface area (TPSA) is 86.8 Å². The fraction of sp³-hybridized carbons (Fsp3) is 0.333. The van der Waals surface area contributed by atoms with Crippen LogP contribution in [0.2, 0.25) is 0 Å². The van der Waals surface area contributed by atoms with Gasteiger partial charge in [0.2, 0.25) is 11.7 Å². The molecule has 7 nitrogen and oxygen atoms in total. The summed E-state index contributed by atoms with van der Waals surface area (Å²) in [7, 11) is 0. The molecule has 1 aliphatic heterocycles. The summed E-state index contributed by atoms with van der Waals surface area (Å²) in [6, 6.07) is 9.70. The minimum absolute atomic E-state index is 0.0176. The Morgan fingerprint density at radius 1 is 1.27 bits per heavy atom. The third-order valence-corrected chi connectivity index (χ3v) is 3.65. The average molecular weight is 296 g/mol. The first-order chi connectivity index (χ1) is 10.8. The van der Waals surface area contributed by atoms with Gasteiger partial charge in [-0.15, -0.1) is 10.2 Å². The van der Waals surface area contributed by atoms with Crippen molar-refractivity contribution in [3.8, 4) is 6.07 Å². The Labute approximate surface area is 128 Å². The Hall–Kier alpha value is -2.88. The maximum atomic E-state index is 12.0. The van der Waals surface area contributed by atoms with Gasteiger partial charge in [-0.2, -0.15) is 5.26 Å². The first-order valence-electron chi connectivity index (χ1n) is 7.19. The summed E-state index contributed by atoms with van der Waals surface area (Å²) in [5.41, 5.74) is 1.92. The Morgan fingerprint density at radius 2 is 2.00 bits per heavy atom. The Balaban J connectivity index is 1.60. The molecule has 112 valence electrons. The van der Waals surface area contributed by atoms with E-state index in [2.05, 4.69) is 20.4 Å². The van der Waals surface area contributed by atoms with Crippen molar-refractivity contribution in [2.24, 2.45) is 0 Å². The smallest absolute Gasteiger partial charge is 0.244 e. The first kappa shape index (κ1) is 14.1. The molecule has 1 N–H and O–H groups in total. The van der Waals surface area contributed by atoms with Crippen LogP contribution in [0, 0.1) is 11.3 Å². The Kier molecular flexibility index (Phi) is 4.01. The van der Waals surface area contributed by atoms with Crippen LogP contribution in [0.4, 0.5) is 11.4 Å². The first-order valence-corrected chi connectivity index (χ1v) is 7.19. The van der Waals surface area contributed by atoms with Gasteiger partial charge in [0.05, 0.1) is 0 Å². The number of anilines is 2. The third kappa shape index (κ3) is 3.06. The molecule has 3 rings (SSSR count). The second kappa shape index (κ2) is 6.26. The lowest BCUT2D eigenvalue weighted by molar-refractivity contribution is -0.116. The summed E-state index contributed by atoms with van der Waals surface area (Å²) in [5, 5.41) is 18.9. The van der Waals surface area contributed by atoms with Crippen molar-refractivity contribution in [2.75, 3.05) is 23.3 Å². The molecule has 0 radical (unpaired) electrons. The fourth-order valence-electron chi connectivity index (χ4n) is 2.54. The zero-order valence-electron chi connectivity index (χ0n) is 12.1. The van der Waals surface area contributed by atoms with E-state index in [1.807, 2.05) is 30.3 Å². The largest absolute Gasteiger partial charge is 0.372 e. The molecular formula is C15H16N6O. The average Bonchev–Trinajstić information content (AvgIpc) is 3.19. The van der Waals surface area contributed by atoms with Gasteiger partial charge in [0.15, 0.2) is 0 Å². The summed E-state index contributed by atoms with van der Waals surface area (Å²) in [6.45, 7) is 2.20. The van der Waals surface area contributed by atoms with Gasteiger partial charge in [-0.05, 0) is 37.1 Å². The predicted octanol–water partition coefficient (Wildman–Crippen LogP) is 1.39. The summed E-state index contributed by atoms with van der Waals surface area (Å²) in [6.07, 6.45) is 3.84. The number of nitrogens with zero attached hydrogens (tertiary/aromatic N) is 5. The van der Waals surface area contributed by atoms with Crippen molar-refractivity contribution >= 4 is 17.3 Å². The van der Waals surface area contributed by atoms with E-state index < -0.39 is 0 Å². The van der Waals surface area contributed by atoms with Crippen molar-refractivity contribution in [1.29, 1.82) is 5.26 Å². The molecule has 1 aromatic heterocycles. The molecule has 0 unspecified atom stereocenters. The molecule has 0 bridgehead atoms. The molecule has 0 spiro atoms. The van der Waals surface area contributed by atoms with Crippen LogP contribution in [0.15, 0.2) is 30.6 Å². The normalized spacial score (nSPS) is 13.9. The molecule has 2 aromatic rings. The van der Waals surface area contributed by atoms with Crippen LogP contribution in [0.3, 0.4) is 0 Å². The van der Waals surface area contributed by atoms with E-state index in [0.717, 1.165) is 18.8 Å². The monoisotopic (exact) mass is 296 g/mol. The zero-order valence-corrected chi connectivity index (χ0v) is 12.1. The molecule has 2 heterocycles. The van der Waals surface area contributed by atoms with E-state index in [-0.39, 0.29) is 18.3 Å². The maximum absolute atomic E-state index is 12.0. The van der Waals surface area contributed by atoms with Gasteiger partial charge in [0.1, 0.15) is 18.9 Å². The second-order valence-electron chi connectivity index (χ2n) is 5.18. The number of carbonyl (C=O) groups excluding carboxylic acids is 1. The lowest BCUT2D eigenvalue weighted by atomic mass is 10.2. The van der Waals surface area contributed by atoms with Gasteiger partial charge in [-0.3, -0.25) is 9.36 Å². The van der Waals surface area contributed by atoms with Crippen molar-refractivity contribution in [1.82, 2.24) is 14.8 Å². The summed E-state index contributed by atoms with van der Waals surface area (Å²) >= 11 is 0. The number of nitrogens with one attached hydrogen (secondary N) is 1. The quantitative estimate of drug-likeness (QED) is 0.921. The second-order valence-corrected chi connectivity index (χ2v) is 5.18. The van der Waals surface area contributed by atoms with Gasteiger partial charge < -0.3 is 10.2 Å². The highest BCUT2D eigenvalue weighted by atomic mass is 16.1. The highest BCUT2D eigenvalue weighted by molar-refractivity contribution is 5.90. The SMILES string of the molecule is N#Cc1nncn1CC(=O)Nc1ccc(N2CCCC2)cc1. The van der Waals surface area contributed by atoms with E-state index in [4.69, 9.17) is 5.26 Å². The van der Waals surface area contributed by atoms with Crippen LogP contribution in [-0.4, -0.2) is 33.8 Å². The van der Waals surface area contributed by atoms with Crippen molar-refractivity contribution in [2.45, 2.75) is 19.4 Å². The molecule has 7 heteroatoms. The highest BCUT2D eigenvalue weighted by Crippen LogP contribution is 2.22. The predicted molar refractivity (Wildman–Crippen MR) is 81.3 cm³/mol. The number of amides is 1.